The number of carbonyl (C=O) groups excluding carboxylic acids is 1. The first-order valence-electron chi connectivity index (χ1n) is 6.34. The van der Waals surface area contributed by atoms with Gasteiger partial charge in [-0.1, -0.05) is 30.3 Å². The molecule has 4 nitrogen and oxygen atoms in total. The number of aryl methyl sites for hydroxylation is 2. The lowest BCUT2D eigenvalue weighted by molar-refractivity contribution is 0.155. The maximum atomic E-state index is 11.8. The van der Waals surface area contributed by atoms with Crippen molar-refractivity contribution in [2.24, 2.45) is 0 Å². The van der Waals surface area contributed by atoms with Crippen LogP contribution in [0.1, 0.15) is 16.7 Å². The number of phenolic OH excluding ortho intramolecular Hbond substituents is 1. The first kappa shape index (κ1) is 13.9. The number of ether oxygens (including phenoxy) is 1. The molecule has 0 unspecified atom stereocenters. The molecule has 0 radical (unpaired) electrons. The Morgan fingerprint density at radius 2 is 1.75 bits per heavy atom. The number of amides is 1. The number of anilines is 1. The monoisotopic (exact) mass is 271 g/mol. The van der Waals surface area contributed by atoms with Crippen LogP contribution in [0.4, 0.5) is 10.5 Å². The van der Waals surface area contributed by atoms with E-state index in [1.165, 1.54) is 0 Å². The van der Waals surface area contributed by atoms with Gasteiger partial charge in [0, 0.05) is 0 Å². The van der Waals surface area contributed by atoms with Crippen LogP contribution in [0.2, 0.25) is 0 Å². The lowest BCUT2D eigenvalue weighted by Crippen LogP contribution is -2.15. The Balaban J connectivity index is 1.98. The second-order valence-electron chi connectivity index (χ2n) is 4.64. The zero-order valence-corrected chi connectivity index (χ0v) is 11.5. The van der Waals surface area contributed by atoms with Crippen LogP contribution >= 0.6 is 0 Å². The minimum Gasteiger partial charge on any atom is -0.508 e. The van der Waals surface area contributed by atoms with Gasteiger partial charge in [0.15, 0.2) is 0 Å². The third-order valence-electron chi connectivity index (χ3n) is 2.96. The predicted octanol–water partition coefficient (Wildman–Crippen LogP) is 3.76. The van der Waals surface area contributed by atoms with Crippen LogP contribution < -0.4 is 5.32 Å². The van der Waals surface area contributed by atoms with Gasteiger partial charge in [-0.3, -0.25) is 5.32 Å². The maximum absolute atomic E-state index is 11.8. The highest BCUT2D eigenvalue weighted by Crippen LogP contribution is 2.25. The molecule has 1 amide bonds. The largest absolute Gasteiger partial charge is 0.508 e. The van der Waals surface area contributed by atoms with E-state index in [0.717, 1.165) is 16.7 Å². The molecule has 4 heteroatoms. The van der Waals surface area contributed by atoms with Crippen LogP contribution in [-0.2, 0) is 11.3 Å². The number of nitrogens with one attached hydrogen (secondary N) is 1. The summed E-state index contributed by atoms with van der Waals surface area (Å²) in [5.74, 6) is 0.184. The lowest BCUT2D eigenvalue weighted by atomic mass is 10.1. The molecular formula is C16H17NO3. The number of hydrogen-bond acceptors (Lipinski definition) is 3. The second-order valence-corrected chi connectivity index (χ2v) is 4.64. The molecule has 0 fully saturated rings. The minimum atomic E-state index is -0.509. The minimum absolute atomic E-state index is 0.184. The highest BCUT2D eigenvalue weighted by Gasteiger charge is 2.09. The number of phenols is 1. The summed E-state index contributed by atoms with van der Waals surface area (Å²) in [6.07, 6.45) is -0.509. The molecule has 0 atom stereocenters. The van der Waals surface area contributed by atoms with Gasteiger partial charge in [0.1, 0.15) is 12.4 Å². The summed E-state index contributed by atoms with van der Waals surface area (Å²) < 4.78 is 5.16. The molecule has 0 aliphatic carbocycles. The smallest absolute Gasteiger partial charge is 0.411 e. The van der Waals surface area contributed by atoms with E-state index in [-0.39, 0.29) is 12.4 Å². The average Bonchev–Trinajstić information content (AvgIpc) is 2.42. The van der Waals surface area contributed by atoms with Gasteiger partial charge in [-0.2, -0.15) is 0 Å². The van der Waals surface area contributed by atoms with Crippen LogP contribution in [0.3, 0.4) is 0 Å². The summed E-state index contributed by atoms with van der Waals surface area (Å²) in [5, 5.41) is 12.2. The first-order chi connectivity index (χ1) is 9.56. The fraction of sp³-hybridized carbons (Fsp3) is 0.188. The van der Waals surface area contributed by atoms with Gasteiger partial charge in [-0.15, -0.1) is 0 Å². The first-order valence-corrected chi connectivity index (χ1v) is 6.34. The van der Waals surface area contributed by atoms with Crippen LogP contribution in [0.15, 0.2) is 42.5 Å². The number of carbonyl (C=O) groups is 1. The highest BCUT2D eigenvalue weighted by molar-refractivity contribution is 5.87. The Labute approximate surface area is 118 Å². The number of aromatic hydroxyl groups is 1. The molecule has 2 N–H and O–H groups in total. The van der Waals surface area contributed by atoms with Crippen molar-refractivity contribution < 1.29 is 14.6 Å². The normalized spacial score (nSPS) is 10.1. The summed E-state index contributed by atoms with van der Waals surface area (Å²) in [5.41, 5.74) is 3.18. The van der Waals surface area contributed by atoms with Gasteiger partial charge in [0.05, 0.1) is 5.69 Å². The van der Waals surface area contributed by atoms with Gasteiger partial charge in [-0.05, 0) is 42.7 Å². The molecule has 0 heterocycles. The fourth-order valence-electron chi connectivity index (χ4n) is 2.00. The quantitative estimate of drug-likeness (QED) is 0.836. The molecular weight excluding hydrogens is 254 g/mol. The van der Waals surface area contributed by atoms with E-state index in [2.05, 4.69) is 5.32 Å². The van der Waals surface area contributed by atoms with Gasteiger partial charge < -0.3 is 9.84 Å². The molecule has 0 aliphatic heterocycles. The van der Waals surface area contributed by atoms with Gasteiger partial charge in [0.25, 0.3) is 0 Å². The molecule has 0 bridgehead atoms. The van der Waals surface area contributed by atoms with E-state index < -0.39 is 6.09 Å². The summed E-state index contributed by atoms with van der Waals surface area (Å²) in [7, 11) is 0. The Morgan fingerprint density at radius 1 is 1.15 bits per heavy atom. The van der Waals surface area contributed by atoms with Crippen molar-refractivity contribution in [1.82, 2.24) is 0 Å². The second kappa shape index (κ2) is 6.10. The van der Waals surface area contributed by atoms with E-state index >= 15 is 0 Å². The molecule has 0 aromatic heterocycles. The summed E-state index contributed by atoms with van der Waals surface area (Å²) >= 11 is 0. The average molecular weight is 271 g/mol. The number of benzene rings is 2. The molecule has 104 valence electrons. The third kappa shape index (κ3) is 3.51. The Kier molecular flexibility index (Phi) is 4.25. The Morgan fingerprint density at radius 3 is 2.35 bits per heavy atom. The maximum Gasteiger partial charge on any atom is 0.411 e. The summed E-state index contributed by atoms with van der Waals surface area (Å²) in [6, 6.07) is 12.7. The molecule has 20 heavy (non-hydrogen) atoms. The van der Waals surface area contributed by atoms with Crippen LogP contribution in [-0.4, -0.2) is 11.2 Å². The third-order valence-corrected chi connectivity index (χ3v) is 2.96. The molecule has 0 saturated heterocycles. The summed E-state index contributed by atoms with van der Waals surface area (Å²) in [6.45, 7) is 3.86. The lowest BCUT2D eigenvalue weighted by Gasteiger charge is -2.12. The van der Waals surface area contributed by atoms with Gasteiger partial charge in [0.2, 0.25) is 0 Å². The number of hydrogen-bond donors (Lipinski definition) is 2. The topological polar surface area (TPSA) is 58.6 Å². The molecule has 2 aromatic carbocycles. The standard InChI is InChI=1S/C16H17NO3/c1-11-8-14(18)9-12(2)15(11)17-16(19)20-10-13-6-4-3-5-7-13/h3-9,18H,10H2,1-2H3,(H,17,19). The Hall–Kier alpha value is -2.49. The van der Waals surface area contributed by atoms with Crippen molar-refractivity contribution in [3.63, 3.8) is 0 Å². The van der Waals surface area contributed by atoms with E-state index in [0.29, 0.717) is 5.69 Å². The van der Waals surface area contributed by atoms with Crippen molar-refractivity contribution in [2.45, 2.75) is 20.5 Å². The molecule has 0 aliphatic rings. The van der Waals surface area contributed by atoms with Crippen molar-refractivity contribution in [1.29, 1.82) is 0 Å². The van der Waals surface area contributed by atoms with Crippen molar-refractivity contribution in [3.8, 4) is 5.75 Å². The molecule has 0 spiro atoms. The Bertz CT molecular complexity index is 585. The zero-order chi connectivity index (χ0) is 14.5. The molecule has 2 aromatic rings. The summed E-state index contributed by atoms with van der Waals surface area (Å²) in [4.78, 5) is 11.8. The van der Waals surface area contributed by atoms with Gasteiger partial charge >= 0.3 is 6.09 Å². The van der Waals surface area contributed by atoms with E-state index in [1.54, 1.807) is 12.1 Å². The van der Waals surface area contributed by atoms with Gasteiger partial charge in [-0.25, -0.2) is 4.79 Å². The van der Waals surface area contributed by atoms with Crippen molar-refractivity contribution in [3.05, 3.63) is 59.2 Å². The molecule has 0 saturated carbocycles. The van der Waals surface area contributed by atoms with Crippen LogP contribution in [0.25, 0.3) is 0 Å². The van der Waals surface area contributed by atoms with E-state index in [1.807, 2.05) is 44.2 Å². The fourth-order valence-corrected chi connectivity index (χ4v) is 2.00. The SMILES string of the molecule is Cc1cc(O)cc(C)c1NC(=O)OCc1ccccc1. The zero-order valence-electron chi connectivity index (χ0n) is 11.5. The highest BCUT2D eigenvalue weighted by atomic mass is 16.5. The molecule has 2 rings (SSSR count). The van der Waals surface area contributed by atoms with Crippen molar-refractivity contribution >= 4 is 11.8 Å². The van der Waals surface area contributed by atoms with E-state index in [9.17, 15) is 9.90 Å². The van der Waals surface area contributed by atoms with Crippen LogP contribution in [0.5, 0.6) is 5.75 Å². The van der Waals surface area contributed by atoms with Crippen LogP contribution in [0, 0.1) is 13.8 Å². The predicted molar refractivity (Wildman–Crippen MR) is 77.8 cm³/mol. The van der Waals surface area contributed by atoms with E-state index in [4.69, 9.17) is 4.74 Å². The number of rotatable bonds is 3. The van der Waals surface area contributed by atoms with Crippen molar-refractivity contribution in [2.75, 3.05) is 5.32 Å².